The predicted molar refractivity (Wildman–Crippen MR) is 93.3 cm³/mol. The third-order valence-corrected chi connectivity index (χ3v) is 4.73. The number of carbonyl (C=O) groups is 1. The Bertz CT molecular complexity index is 711. The SMILES string of the molecule is CC1CN(Cc2cccc(C(N)=O)c2)CCN1Cc1nccn1C. The molecule has 1 fully saturated rings. The standard InChI is InChI=1S/C18H25N5O/c1-14-11-22(12-15-4-3-5-16(10-15)18(19)24)8-9-23(14)13-17-20-6-7-21(17)2/h3-7,10,14H,8-9,11-13H2,1-2H3,(H2,19,24). The van der Waals surface area contributed by atoms with Crippen molar-refractivity contribution in [3.8, 4) is 0 Å². The maximum Gasteiger partial charge on any atom is 0.248 e. The van der Waals surface area contributed by atoms with Crippen molar-refractivity contribution in [2.45, 2.75) is 26.1 Å². The van der Waals surface area contributed by atoms with Gasteiger partial charge in [-0.15, -0.1) is 0 Å². The van der Waals surface area contributed by atoms with Gasteiger partial charge >= 0.3 is 0 Å². The molecule has 1 aromatic carbocycles. The number of nitrogens with zero attached hydrogens (tertiary/aromatic N) is 4. The highest BCUT2D eigenvalue weighted by atomic mass is 16.1. The highest BCUT2D eigenvalue weighted by Crippen LogP contribution is 2.16. The molecule has 0 bridgehead atoms. The monoisotopic (exact) mass is 327 g/mol. The molecule has 0 saturated carbocycles. The van der Waals surface area contributed by atoms with Crippen LogP contribution in [0.5, 0.6) is 0 Å². The van der Waals surface area contributed by atoms with E-state index >= 15 is 0 Å². The van der Waals surface area contributed by atoms with E-state index in [0.717, 1.165) is 44.1 Å². The first kappa shape index (κ1) is 16.7. The normalized spacial score (nSPS) is 19.5. The van der Waals surface area contributed by atoms with E-state index < -0.39 is 0 Å². The molecule has 1 aromatic heterocycles. The van der Waals surface area contributed by atoms with Gasteiger partial charge in [0.15, 0.2) is 0 Å². The number of benzene rings is 1. The van der Waals surface area contributed by atoms with Crippen molar-refractivity contribution in [3.05, 3.63) is 53.6 Å². The van der Waals surface area contributed by atoms with Crippen LogP contribution < -0.4 is 5.73 Å². The first-order valence-corrected chi connectivity index (χ1v) is 8.34. The minimum atomic E-state index is -0.370. The average molecular weight is 327 g/mol. The molecule has 2 N–H and O–H groups in total. The van der Waals surface area contributed by atoms with Crippen LogP contribution in [0.4, 0.5) is 0 Å². The molecule has 0 aliphatic carbocycles. The molecule has 1 amide bonds. The van der Waals surface area contributed by atoms with E-state index in [1.54, 1.807) is 6.07 Å². The van der Waals surface area contributed by atoms with Crippen molar-refractivity contribution < 1.29 is 4.79 Å². The van der Waals surface area contributed by atoms with Crippen molar-refractivity contribution in [1.82, 2.24) is 19.4 Å². The number of aromatic nitrogens is 2. The van der Waals surface area contributed by atoms with E-state index in [-0.39, 0.29) is 5.91 Å². The van der Waals surface area contributed by atoms with Crippen molar-refractivity contribution in [1.29, 1.82) is 0 Å². The summed E-state index contributed by atoms with van der Waals surface area (Å²) in [6.45, 7) is 7.02. The van der Waals surface area contributed by atoms with Gasteiger partial charge < -0.3 is 10.3 Å². The minimum Gasteiger partial charge on any atom is -0.366 e. The fraction of sp³-hybridized carbons (Fsp3) is 0.444. The van der Waals surface area contributed by atoms with Crippen LogP contribution in [0.25, 0.3) is 0 Å². The molecule has 0 spiro atoms. The Kier molecular flexibility index (Phi) is 4.97. The molecular formula is C18H25N5O. The zero-order chi connectivity index (χ0) is 17.1. The second-order valence-corrected chi connectivity index (χ2v) is 6.57. The molecule has 2 aromatic rings. The number of primary amides is 1. The number of amides is 1. The number of rotatable bonds is 5. The summed E-state index contributed by atoms with van der Waals surface area (Å²) in [6.07, 6.45) is 3.84. The van der Waals surface area contributed by atoms with Crippen LogP contribution in [0.3, 0.4) is 0 Å². The zero-order valence-electron chi connectivity index (χ0n) is 14.4. The van der Waals surface area contributed by atoms with Crippen LogP contribution in [-0.2, 0) is 20.1 Å². The molecule has 24 heavy (non-hydrogen) atoms. The van der Waals surface area contributed by atoms with Gasteiger partial charge in [0.2, 0.25) is 5.91 Å². The molecule has 128 valence electrons. The van der Waals surface area contributed by atoms with Crippen LogP contribution in [0.15, 0.2) is 36.7 Å². The van der Waals surface area contributed by atoms with E-state index in [2.05, 4.69) is 32.3 Å². The number of nitrogens with two attached hydrogens (primary N) is 1. The Labute approximate surface area is 142 Å². The summed E-state index contributed by atoms with van der Waals surface area (Å²) >= 11 is 0. The molecule has 1 unspecified atom stereocenters. The van der Waals surface area contributed by atoms with Crippen molar-refractivity contribution in [2.75, 3.05) is 19.6 Å². The maximum absolute atomic E-state index is 11.3. The topological polar surface area (TPSA) is 67.4 Å². The van der Waals surface area contributed by atoms with Gasteiger partial charge in [0.05, 0.1) is 6.54 Å². The van der Waals surface area contributed by atoms with Gasteiger partial charge in [-0.25, -0.2) is 4.98 Å². The van der Waals surface area contributed by atoms with E-state index in [1.165, 1.54) is 0 Å². The van der Waals surface area contributed by atoms with Gasteiger partial charge in [-0.1, -0.05) is 12.1 Å². The molecule has 6 heteroatoms. The number of aryl methyl sites for hydroxylation is 1. The van der Waals surface area contributed by atoms with Crippen LogP contribution in [0.2, 0.25) is 0 Å². The minimum absolute atomic E-state index is 0.370. The van der Waals surface area contributed by atoms with Gasteiger partial charge in [0, 0.05) is 57.2 Å². The van der Waals surface area contributed by atoms with E-state index in [1.807, 2.05) is 31.6 Å². The third kappa shape index (κ3) is 3.83. The quantitative estimate of drug-likeness (QED) is 0.897. The van der Waals surface area contributed by atoms with Gasteiger partial charge in [0.1, 0.15) is 5.82 Å². The first-order valence-electron chi connectivity index (χ1n) is 8.34. The molecule has 1 aliphatic heterocycles. The lowest BCUT2D eigenvalue weighted by Gasteiger charge is -2.39. The predicted octanol–water partition coefficient (Wildman–Crippen LogP) is 1.23. The highest BCUT2D eigenvalue weighted by molar-refractivity contribution is 5.92. The highest BCUT2D eigenvalue weighted by Gasteiger charge is 2.24. The van der Waals surface area contributed by atoms with Gasteiger partial charge in [-0.3, -0.25) is 14.6 Å². The third-order valence-electron chi connectivity index (χ3n) is 4.73. The molecule has 1 aliphatic rings. The van der Waals surface area contributed by atoms with E-state index in [0.29, 0.717) is 11.6 Å². The van der Waals surface area contributed by atoms with Crippen LogP contribution in [-0.4, -0.2) is 50.9 Å². The average Bonchev–Trinajstić information content (AvgIpc) is 2.95. The van der Waals surface area contributed by atoms with E-state index in [4.69, 9.17) is 5.73 Å². The Morgan fingerprint density at radius 1 is 1.33 bits per heavy atom. The van der Waals surface area contributed by atoms with E-state index in [9.17, 15) is 4.79 Å². The lowest BCUT2D eigenvalue weighted by Crippen LogP contribution is -2.51. The van der Waals surface area contributed by atoms with Gasteiger partial charge in [-0.2, -0.15) is 0 Å². The van der Waals surface area contributed by atoms with Crippen LogP contribution in [0.1, 0.15) is 28.7 Å². The fourth-order valence-corrected chi connectivity index (χ4v) is 3.26. The number of carbonyl (C=O) groups excluding carboxylic acids is 1. The first-order chi connectivity index (χ1) is 11.5. The Morgan fingerprint density at radius 3 is 2.83 bits per heavy atom. The lowest BCUT2D eigenvalue weighted by molar-refractivity contribution is 0.0707. The van der Waals surface area contributed by atoms with Crippen molar-refractivity contribution in [2.24, 2.45) is 12.8 Å². The molecule has 1 atom stereocenters. The molecule has 2 heterocycles. The Balaban J connectivity index is 1.58. The van der Waals surface area contributed by atoms with Crippen molar-refractivity contribution >= 4 is 5.91 Å². The van der Waals surface area contributed by atoms with Gasteiger partial charge in [-0.05, 0) is 24.6 Å². The number of imidazole rings is 1. The summed E-state index contributed by atoms with van der Waals surface area (Å²) in [7, 11) is 2.04. The molecule has 1 saturated heterocycles. The summed E-state index contributed by atoms with van der Waals surface area (Å²) in [5.41, 5.74) is 7.08. The van der Waals surface area contributed by atoms with Crippen LogP contribution >= 0.6 is 0 Å². The number of piperazine rings is 1. The molecule has 0 radical (unpaired) electrons. The maximum atomic E-state index is 11.3. The fourth-order valence-electron chi connectivity index (χ4n) is 3.26. The second kappa shape index (κ2) is 7.15. The second-order valence-electron chi connectivity index (χ2n) is 6.57. The summed E-state index contributed by atoms with van der Waals surface area (Å²) in [5.74, 6) is 0.731. The largest absolute Gasteiger partial charge is 0.366 e. The summed E-state index contributed by atoms with van der Waals surface area (Å²) in [6, 6.07) is 8.08. The zero-order valence-corrected chi connectivity index (χ0v) is 14.4. The number of hydrogen-bond donors (Lipinski definition) is 1. The summed E-state index contributed by atoms with van der Waals surface area (Å²) < 4.78 is 2.08. The Hall–Kier alpha value is -2.18. The smallest absolute Gasteiger partial charge is 0.248 e. The molecular weight excluding hydrogens is 302 g/mol. The van der Waals surface area contributed by atoms with Crippen LogP contribution in [0, 0.1) is 0 Å². The van der Waals surface area contributed by atoms with Gasteiger partial charge in [0.25, 0.3) is 0 Å². The number of hydrogen-bond acceptors (Lipinski definition) is 4. The Morgan fingerprint density at radius 2 is 2.17 bits per heavy atom. The summed E-state index contributed by atoms with van der Waals surface area (Å²) in [5, 5.41) is 0. The molecule has 6 nitrogen and oxygen atoms in total. The lowest BCUT2D eigenvalue weighted by atomic mass is 10.1. The summed E-state index contributed by atoms with van der Waals surface area (Å²) in [4.78, 5) is 20.6. The van der Waals surface area contributed by atoms with Crippen molar-refractivity contribution in [3.63, 3.8) is 0 Å². The molecule has 3 rings (SSSR count).